The lowest BCUT2D eigenvalue weighted by atomic mass is 10.1. The molecule has 0 bridgehead atoms. The molecule has 0 heterocycles. The van der Waals surface area contributed by atoms with Gasteiger partial charge >= 0.3 is 12.0 Å². The third kappa shape index (κ3) is 3.96. The van der Waals surface area contributed by atoms with Crippen LogP contribution in [0.2, 0.25) is 0 Å². The zero-order chi connectivity index (χ0) is 15.3. The van der Waals surface area contributed by atoms with Crippen LogP contribution < -0.4 is 10.2 Å². The van der Waals surface area contributed by atoms with Crippen LogP contribution in [-0.2, 0) is 4.79 Å². The van der Waals surface area contributed by atoms with Gasteiger partial charge in [-0.25, -0.2) is 9.59 Å². The van der Waals surface area contributed by atoms with E-state index < -0.39 is 17.6 Å². The normalized spacial score (nSPS) is 13.4. The standard InChI is InChI=1S/C14H20N2O4/c1-4-16(11-7-5-6-10(2)8-11)13(19)15-9-14(3,20)12(17)18/h5-8,20H,4,9H2,1-3H3,(H,15,19)(H,17,18). The van der Waals surface area contributed by atoms with Crippen molar-refractivity contribution in [1.82, 2.24) is 5.32 Å². The van der Waals surface area contributed by atoms with E-state index in [2.05, 4.69) is 5.32 Å². The minimum Gasteiger partial charge on any atom is -0.479 e. The van der Waals surface area contributed by atoms with Gasteiger partial charge in [-0.2, -0.15) is 0 Å². The summed E-state index contributed by atoms with van der Waals surface area (Å²) in [5, 5.41) is 20.8. The topological polar surface area (TPSA) is 89.9 Å². The molecule has 20 heavy (non-hydrogen) atoms. The number of aliphatic carboxylic acids is 1. The molecule has 1 atom stereocenters. The zero-order valence-corrected chi connectivity index (χ0v) is 11.9. The predicted molar refractivity (Wildman–Crippen MR) is 75.9 cm³/mol. The van der Waals surface area contributed by atoms with Crippen molar-refractivity contribution in [2.75, 3.05) is 18.0 Å². The molecule has 2 amide bonds. The quantitative estimate of drug-likeness (QED) is 0.759. The Labute approximate surface area is 118 Å². The molecular weight excluding hydrogens is 260 g/mol. The summed E-state index contributed by atoms with van der Waals surface area (Å²) in [6.07, 6.45) is 0. The number of aryl methyl sites for hydroxylation is 1. The summed E-state index contributed by atoms with van der Waals surface area (Å²) < 4.78 is 0. The van der Waals surface area contributed by atoms with Crippen molar-refractivity contribution in [1.29, 1.82) is 0 Å². The molecule has 0 saturated carbocycles. The van der Waals surface area contributed by atoms with E-state index in [1.54, 1.807) is 6.07 Å². The fourth-order valence-electron chi connectivity index (χ4n) is 1.66. The van der Waals surface area contributed by atoms with Crippen LogP contribution in [-0.4, -0.2) is 40.9 Å². The first-order valence-corrected chi connectivity index (χ1v) is 6.35. The van der Waals surface area contributed by atoms with Crippen LogP contribution in [0.15, 0.2) is 24.3 Å². The third-order valence-corrected chi connectivity index (χ3v) is 2.92. The lowest BCUT2D eigenvalue weighted by molar-refractivity contribution is -0.155. The molecule has 0 aliphatic heterocycles. The first-order chi connectivity index (χ1) is 9.27. The Hall–Kier alpha value is -2.08. The van der Waals surface area contributed by atoms with Crippen LogP contribution in [0.25, 0.3) is 0 Å². The van der Waals surface area contributed by atoms with Crippen LogP contribution in [0.5, 0.6) is 0 Å². The van der Waals surface area contributed by atoms with Gasteiger partial charge in [0.15, 0.2) is 5.60 Å². The van der Waals surface area contributed by atoms with Crippen molar-refractivity contribution >= 4 is 17.7 Å². The Morgan fingerprint density at radius 3 is 2.55 bits per heavy atom. The van der Waals surface area contributed by atoms with Crippen LogP contribution >= 0.6 is 0 Å². The van der Waals surface area contributed by atoms with Gasteiger partial charge in [0, 0.05) is 12.2 Å². The highest BCUT2D eigenvalue weighted by Crippen LogP contribution is 2.16. The van der Waals surface area contributed by atoms with Gasteiger partial charge in [0.2, 0.25) is 0 Å². The number of hydrogen-bond acceptors (Lipinski definition) is 3. The molecule has 0 aliphatic rings. The average Bonchev–Trinajstić information content (AvgIpc) is 2.37. The maximum Gasteiger partial charge on any atom is 0.337 e. The third-order valence-electron chi connectivity index (χ3n) is 2.92. The summed E-state index contributed by atoms with van der Waals surface area (Å²) in [6.45, 7) is 4.95. The molecule has 1 aromatic carbocycles. The van der Waals surface area contributed by atoms with Gasteiger partial charge in [-0.05, 0) is 38.5 Å². The first kappa shape index (κ1) is 16.0. The van der Waals surface area contributed by atoms with Gasteiger partial charge in [0.25, 0.3) is 0 Å². The minimum atomic E-state index is -1.98. The SMILES string of the molecule is CCN(C(=O)NCC(C)(O)C(=O)O)c1cccc(C)c1. The van der Waals surface area contributed by atoms with E-state index in [1.165, 1.54) is 4.90 Å². The smallest absolute Gasteiger partial charge is 0.337 e. The van der Waals surface area contributed by atoms with Gasteiger partial charge in [0.1, 0.15) is 0 Å². The molecule has 6 nitrogen and oxygen atoms in total. The molecule has 110 valence electrons. The number of rotatable bonds is 5. The average molecular weight is 280 g/mol. The number of hydrogen-bond donors (Lipinski definition) is 3. The molecule has 0 aliphatic carbocycles. The zero-order valence-electron chi connectivity index (χ0n) is 11.9. The number of benzene rings is 1. The Morgan fingerprint density at radius 1 is 1.40 bits per heavy atom. The second-order valence-corrected chi connectivity index (χ2v) is 4.82. The molecule has 0 spiro atoms. The summed E-state index contributed by atoms with van der Waals surface area (Å²) >= 11 is 0. The Morgan fingerprint density at radius 2 is 2.05 bits per heavy atom. The predicted octanol–water partition coefficient (Wildman–Crippen LogP) is 1.37. The van der Waals surface area contributed by atoms with Crippen molar-refractivity contribution in [3.8, 4) is 0 Å². The number of anilines is 1. The Balaban J connectivity index is 2.76. The van der Waals surface area contributed by atoms with E-state index in [0.29, 0.717) is 6.54 Å². The monoisotopic (exact) mass is 280 g/mol. The highest BCUT2D eigenvalue weighted by atomic mass is 16.4. The summed E-state index contributed by atoms with van der Waals surface area (Å²) in [5.41, 5.74) is -0.243. The number of carboxylic acid groups (broad SMARTS) is 1. The summed E-state index contributed by atoms with van der Waals surface area (Å²) in [4.78, 5) is 24.3. The molecule has 0 saturated heterocycles. The number of carbonyl (C=O) groups excluding carboxylic acids is 1. The Bertz CT molecular complexity index is 500. The highest BCUT2D eigenvalue weighted by Gasteiger charge is 2.31. The number of amides is 2. The second kappa shape index (κ2) is 6.38. The minimum absolute atomic E-state index is 0.358. The maximum atomic E-state index is 12.1. The first-order valence-electron chi connectivity index (χ1n) is 6.35. The summed E-state index contributed by atoms with van der Waals surface area (Å²) in [5.74, 6) is -1.38. The van der Waals surface area contributed by atoms with Gasteiger partial charge < -0.3 is 15.5 Å². The molecular formula is C14H20N2O4. The molecule has 0 fully saturated rings. The van der Waals surface area contributed by atoms with Crippen LogP contribution in [0.1, 0.15) is 19.4 Å². The highest BCUT2D eigenvalue weighted by molar-refractivity contribution is 5.92. The fourth-order valence-corrected chi connectivity index (χ4v) is 1.66. The van der Waals surface area contributed by atoms with E-state index in [0.717, 1.165) is 18.2 Å². The van der Waals surface area contributed by atoms with E-state index in [1.807, 2.05) is 32.0 Å². The number of aliphatic hydroxyl groups is 1. The van der Waals surface area contributed by atoms with E-state index in [4.69, 9.17) is 5.11 Å². The summed E-state index contributed by atoms with van der Waals surface area (Å²) in [7, 11) is 0. The molecule has 6 heteroatoms. The lowest BCUT2D eigenvalue weighted by Gasteiger charge is -2.24. The largest absolute Gasteiger partial charge is 0.479 e. The molecule has 0 aromatic heterocycles. The summed E-state index contributed by atoms with van der Waals surface area (Å²) in [6, 6.07) is 6.97. The molecule has 3 N–H and O–H groups in total. The van der Waals surface area contributed by atoms with Crippen LogP contribution in [0.4, 0.5) is 10.5 Å². The Kier molecular flexibility index (Phi) is 5.10. The van der Waals surface area contributed by atoms with Crippen LogP contribution in [0, 0.1) is 6.92 Å². The van der Waals surface area contributed by atoms with Gasteiger partial charge in [0.05, 0.1) is 6.54 Å². The number of carboxylic acids is 1. The van der Waals surface area contributed by atoms with Gasteiger partial charge in [-0.3, -0.25) is 4.90 Å². The van der Waals surface area contributed by atoms with E-state index in [-0.39, 0.29) is 6.54 Å². The molecule has 1 rings (SSSR count). The maximum absolute atomic E-state index is 12.1. The van der Waals surface area contributed by atoms with E-state index >= 15 is 0 Å². The molecule has 1 unspecified atom stereocenters. The number of carbonyl (C=O) groups is 2. The van der Waals surface area contributed by atoms with Crippen molar-refractivity contribution < 1.29 is 19.8 Å². The van der Waals surface area contributed by atoms with Crippen molar-refractivity contribution in [3.05, 3.63) is 29.8 Å². The molecule has 0 radical (unpaired) electrons. The van der Waals surface area contributed by atoms with Gasteiger partial charge in [-0.15, -0.1) is 0 Å². The number of urea groups is 1. The van der Waals surface area contributed by atoms with Crippen molar-refractivity contribution in [3.63, 3.8) is 0 Å². The second-order valence-electron chi connectivity index (χ2n) is 4.82. The van der Waals surface area contributed by atoms with Crippen molar-refractivity contribution in [2.45, 2.75) is 26.4 Å². The van der Waals surface area contributed by atoms with Crippen molar-refractivity contribution in [2.24, 2.45) is 0 Å². The number of nitrogens with one attached hydrogen (secondary N) is 1. The van der Waals surface area contributed by atoms with Crippen LogP contribution in [0.3, 0.4) is 0 Å². The fraction of sp³-hybridized carbons (Fsp3) is 0.429. The van der Waals surface area contributed by atoms with E-state index in [9.17, 15) is 14.7 Å². The van der Waals surface area contributed by atoms with Gasteiger partial charge in [-0.1, -0.05) is 12.1 Å². The number of nitrogens with zero attached hydrogens (tertiary/aromatic N) is 1. The lowest BCUT2D eigenvalue weighted by Crippen LogP contribution is -2.50. The molecule has 1 aromatic rings.